The molecule has 0 saturated heterocycles. The molecule has 1 N–H and O–H groups in total. The van der Waals surface area contributed by atoms with E-state index in [0.29, 0.717) is 6.04 Å². The molecular formula is C13H29NO. The van der Waals surface area contributed by atoms with E-state index in [1.807, 2.05) is 0 Å². The summed E-state index contributed by atoms with van der Waals surface area (Å²) < 4.78 is 0. The highest BCUT2D eigenvalue weighted by Crippen LogP contribution is 2.17. The number of aliphatic hydroxyl groups is 1. The van der Waals surface area contributed by atoms with Gasteiger partial charge >= 0.3 is 0 Å². The van der Waals surface area contributed by atoms with Crippen molar-refractivity contribution in [2.45, 2.75) is 78.5 Å². The fourth-order valence-electron chi connectivity index (χ4n) is 2.20. The van der Waals surface area contributed by atoms with E-state index >= 15 is 0 Å². The Kier molecular flexibility index (Phi) is 9.12. The van der Waals surface area contributed by atoms with E-state index in [9.17, 15) is 5.11 Å². The maximum absolute atomic E-state index is 9.94. The van der Waals surface area contributed by atoms with Gasteiger partial charge in [-0.2, -0.15) is 0 Å². The molecule has 2 nitrogen and oxygen atoms in total. The summed E-state index contributed by atoms with van der Waals surface area (Å²) in [5.41, 5.74) is 0. The first-order valence-electron chi connectivity index (χ1n) is 6.64. The molecule has 0 amide bonds. The van der Waals surface area contributed by atoms with Gasteiger partial charge in [0.2, 0.25) is 0 Å². The van der Waals surface area contributed by atoms with Gasteiger partial charge in [0, 0.05) is 6.04 Å². The van der Waals surface area contributed by atoms with Crippen molar-refractivity contribution in [1.29, 1.82) is 0 Å². The number of unbranched alkanes of at least 4 members (excludes halogenated alkanes) is 1. The molecule has 0 spiro atoms. The summed E-state index contributed by atoms with van der Waals surface area (Å²) in [5, 5.41) is 9.94. The molecule has 2 atom stereocenters. The number of hydrogen-bond donors (Lipinski definition) is 1. The summed E-state index contributed by atoms with van der Waals surface area (Å²) in [6.07, 6.45) is 6.77. The average molecular weight is 215 g/mol. The summed E-state index contributed by atoms with van der Waals surface area (Å²) in [6.45, 7) is 9.62. The Morgan fingerprint density at radius 2 is 1.67 bits per heavy atom. The molecule has 2 unspecified atom stereocenters. The highest BCUT2D eigenvalue weighted by Gasteiger charge is 2.20. The Morgan fingerprint density at radius 3 is 2.07 bits per heavy atom. The minimum absolute atomic E-state index is 0.247. The molecule has 0 aromatic carbocycles. The van der Waals surface area contributed by atoms with Crippen molar-refractivity contribution in [1.82, 2.24) is 4.90 Å². The summed E-state index contributed by atoms with van der Waals surface area (Å²) in [7, 11) is 0. The lowest BCUT2D eigenvalue weighted by molar-refractivity contribution is -0.0288. The lowest BCUT2D eigenvalue weighted by Gasteiger charge is -2.34. The summed E-state index contributed by atoms with van der Waals surface area (Å²) in [4.78, 5) is 2.26. The molecule has 0 fully saturated rings. The molecule has 0 heterocycles. The quantitative estimate of drug-likeness (QED) is 0.596. The van der Waals surface area contributed by atoms with Crippen molar-refractivity contribution < 1.29 is 5.11 Å². The highest BCUT2D eigenvalue weighted by molar-refractivity contribution is 4.72. The van der Waals surface area contributed by atoms with Crippen molar-refractivity contribution in [2.75, 3.05) is 6.54 Å². The van der Waals surface area contributed by atoms with Crippen LogP contribution in [0.15, 0.2) is 0 Å². The first kappa shape index (κ1) is 14.9. The van der Waals surface area contributed by atoms with Crippen LogP contribution in [-0.2, 0) is 0 Å². The number of hydrogen-bond acceptors (Lipinski definition) is 2. The van der Waals surface area contributed by atoms with E-state index in [4.69, 9.17) is 0 Å². The van der Waals surface area contributed by atoms with Gasteiger partial charge in [0.05, 0.1) is 0 Å². The third kappa shape index (κ3) is 5.53. The SMILES string of the molecule is CCCCC(CCC)N(CC)C(O)CC. The van der Waals surface area contributed by atoms with E-state index < -0.39 is 0 Å². The Bertz CT molecular complexity index is 138. The molecular weight excluding hydrogens is 186 g/mol. The van der Waals surface area contributed by atoms with Crippen LogP contribution in [0.25, 0.3) is 0 Å². The molecule has 0 aromatic rings. The second-order valence-corrected chi connectivity index (χ2v) is 4.30. The maximum Gasteiger partial charge on any atom is 0.107 e. The zero-order chi connectivity index (χ0) is 11.7. The third-order valence-corrected chi connectivity index (χ3v) is 3.09. The van der Waals surface area contributed by atoms with Crippen LogP contribution in [0, 0.1) is 0 Å². The van der Waals surface area contributed by atoms with E-state index in [1.165, 1.54) is 32.1 Å². The zero-order valence-electron chi connectivity index (χ0n) is 11.0. The van der Waals surface area contributed by atoms with Gasteiger partial charge in [-0.25, -0.2) is 0 Å². The summed E-state index contributed by atoms with van der Waals surface area (Å²) in [6, 6.07) is 0.579. The second-order valence-electron chi connectivity index (χ2n) is 4.30. The van der Waals surface area contributed by atoms with Crippen molar-refractivity contribution in [3.05, 3.63) is 0 Å². The topological polar surface area (TPSA) is 23.5 Å². The van der Waals surface area contributed by atoms with E-state index in [1.54, 1.807) is 0 Å². The van der Waals surface area contributed by atoms with Gasteiger partial charge in [0.15, 0.2) is 0 Å². The molecule has 2 heteroatoms. The van der Waals surface area contributed by atoms with Crippen LogP contribution in [0.2, 0.25) is 0 Å². The first-order valence-corrected chi connectivity index (χ1v) is 6.64. The molecule has 0 aliphatic rings. The number of aliphatic hydroxyl groups excluding tert-OH is 1. The first-order chi connectivity index (χ1) is 7.21. The van der Waals surface area contributed by atoms with Gasteiger partial charge in [-0.05, 0) is 25.8 Å². The van der Waals surface area contributed by atoms with Gasteiger partial charge in [-0.3, -0.25) is 4.90 Å². The van der Waals surface area contributed by atoms with E-state index in [-0.39, 0.29) is 6.23 Å². The molecule has 0 aromatic heterocycles. The normalized spacial score (nSPS) is 15.6. The van der Waals surface area contributed by atoms with Crippen molar-refractivity contribution in [3.63, 3.8) is 0 Å². The van der Waals surface area contributed by atoms with Crippen molar-refractivity contribution in [3.8, 4) is 0 Å². The monoisotopic (exact) mass is 215 g/mol. The van der Waals surface area contributed by atoms with Gasteiger partial charge in [-0.1, -0.05) is 47.0 Å². The van der Waals surface area contributed by atoms with Crippen molar-refractivity contribution in [2.24, 2.45) is 0 Å². The largest absolute Gasteiger partial charge is 0.378 e. The van der Waals surface area contributed by atoms with Gasteiger partial charge in [-0.15, -0.1) is 0 Å². The fraction of sp³-hybridized carbons (Fsp3) is 1.00. The van der Waals surface area contributed by atoms with E-state index in [2.05, 4.69) is 32.6 Å². The fourth-order valence-corrected chi connectivity index (χ4v) is 2.20. The van der Waals surface area contributed by atoms with Crippen LogP contribution in [-0.4, -0.2) is 28.8 Å². The van der Waals surface area contributed by atoms with Gasteiger partial charge in [0.1, 0.15) is 6.23 Å². The predicted octanol–water partition coefficient (Wildman–Crippen LogP) is 3.40. The molecule has 0 aliphatic heterocycles. The molecule has 0 bridgehead atoms. The minimum atomic E-state index is -0.247. The third-order valence-electron chi connectivity index (χ3n) is 3.09. The Balaban J connectivity index is 4.25. The van der Waals surface area contributed by atoms with Crippen molar-refractivity contribution >= 4 is 0 Å². The van der Waals surface area contributed by atoms with Crippen LogP contribution in [0.3, 0.4) is 0 Å². The Labute approximate surface area is 95.7 Å². The van der Waals surface area contributed by atoms with Crippen LogP contribution in [0.1, 0.15) is 66.2 Å². The van der Waals surface area contributed by atoms with E-state index in [0.717, 1.165) is 13.0 Å². The molecule has 0 aliphatic carbocycles. The standard InChI is InChI=1S/C13H29NO/c1-5-9-11-12(10-6-2)14(8-4)13(15)7-3/h12-13,15H,5-11H2,1-4H3. The summed E-state index contributed by atoms with van der Waals surface area (Å²) in [5.74, 6) is 0. The lowest BCUT2D eigenvalue weighted by atomic mass is 10.0. The Morgan fingerprint density at radius 1 is 1.00 bits per heavy atom. The average Bonchev–Trinajstić information content (AvgIpc) is 2.26. The van der Waals surface area contributed by atoms with Crippen LogP contribution in [0.4, 0.5) is 0 Å². The molecule has 92 valence electrons. The molecule has 0 rings (SSSR count). The molecule has 0 saturated carbocycles. The van der Waals surface area contributed by atoms with Crippen LogP contribution < -0.4 is 0 Å². The maximum atomic E-state index is 9.94. The number of nitrogens with zero attached hydrogens (tertiary/aromatic N) is 1. The summed E-state index contributed by atoms with van der Waals surface area (Å²) >= 11 is 0. The van der Waals surface area contributed by atoms with Crippen LogP contribution in [0.5, 0.6) is 0 Å². The second kappa shape index (κ2) is 9.17. The molecule has 0 radical (unpaired) electrons. The Hall–Kier alpha value is -0.0800. The highest BCUT2D eigenvalue weighted by atomic mass is 16.3. The smallest absolute Gasteiger partial charge is 0.107 e. The molecule has 15 heavy (non-hydrogen) atoms. The van der Waals surface area contributed by atoms with Gasteiger partial charge in [0.25, 0.3) is 0 Å². The van der Waals surface area contributed by atoms with Crippen LogP contribution >= 0.6 is 0 Å². The lowest BCUT2D eigenvalue weighted by Crippen LogP contribution is -2.42. The zero-order valence-corrected chi connectivity index (χ0v) is 11.0. The number of rotatable bonds is 9. The van der Waals surface area contributed by atoms with Gasteiger partial charge < -0.3 is 5.11 Å². The minimum Gasteiger partial charge on any atom is -0.378 e. The predicted molar refractivity (Wildman–Crippen MR) is 66.9 cm³/mol.